The summed E-state index contributed by atoms with van der Waals surface area (Å²) in [6.45, 7) is 2.55. The molecule has 2 rings (SSSR count). The van der Waals surface area contributed by atoms with Gasteiger partial charge in [0.2, 0.25) is 0 Å². The highest BCUT2D eigenvalue weighted by atomic mass is 35.5. The molecule has 2 aromatic rings. The lowest BCUT2D eigenvalue weighted by atomic mass is 10.3. The normalized spacial score (nSPS) is 11.1. The second-order valence-electron chi connectivity index (χ2n) is 4.11. The van der Waals surface area contributed by atoms with Crippen molar-refractivity contribution < 1.29 is 8.42 Å². The van der Waals surface area contributed by atoms with E-state index in [4.69, 9.17) is 11.6 Å². The zero-order valence-corrected chi connectivity index (χ0v) is 12.5. The van der Waals surface area contributed by atoms with Crippen LogP contribution in [0.4, 0.5) is 11.4 Å². The van der Waals surface area contributed by atoms with Crippen molar-refractivity contribution in [3.05, 3.63) is 53.6 Å². The van der Waals surface area contributed by atoms with Crippen molar-refractivity contribution in [2.75, 3.05) is 16.6 Å². The van der Waals surface area contributed by atoms with Gasteiger partial charge < -0.3 is 5.32 Å². The van der Waals surface area contributed by atoms with Crippen molar-refractivity contribution in [1.29, 1.82) is 0 Å². The summed E-state index contributed by atoms with van der Waals surface area (Å²) in [5.74, 6) is 0. The Morgan fingerprint density at radius 3 is 2.25 bits per heavy atom. The standard InChI is InChI=1S/C14H15ClN2O2S/c1-2-16-13-9-5-6-10-14(13)20(18,19)17-12-8-4-3-7-11(12)15/h3-10,16-17H,2H2,1H3. The maximum absolute atomic E-state index is 12.4. The van der Waals surface area contributed by atoms with Crippen LogP contribution in [0.3, 0.4) is 0 Å². The first-order chi connectivity index (χ1) is 9.54. The Morgan fingerprint density at radius 2 is 1.60 bits per heavy atom. The van der Waals surface area contributed by atoms with E-state index in [1.54, 1.807) is 48.5 Å². The number of halogens is 1. The molecule has 0 heterocycles. The number of nitrogens with one attached hydrogen (secondary N) is 2. The molecule has 0 radical (unpaired) electrons. The van der Waals surface area contributed by atoms with Crippen LogP contribution in [0.1, 0.15) is 6.92 Å². The number of rotatable bonds is 5. The fraction of sp³-hybridized carbons (Fsp3) is 0.143. The number of sulfonamides is 1. The van der Waals surface area contributed by atoms with E-state index < -0.39 is 10.0 Å². The molecular formula is C14H15ClN2O2S. The Morgan fingerprint density at radius 1 is 1.00 bits per heavy atom. The minimum atomic E-state index is -3.69. The van der Waals surface area contributed by atoms with Crippen LogP contribution >= 0.6 is 11.6 Å². The third kappa shape index (κ3) is 3.23. The summed E-state index contributed by atoms with van der Waals surface area (Å²) in [5, 5.41) is 3.39. The first-order valence-corrected chi connectivity index (χ1v) is 8.01. The van der Waals surface area contributed by atoms with E-state index in [9.17, 15) is 8.42 Å². The van der Waals surface area contributed by atoms with Crippen LogP contribution in [-0.2, 0) is 10.0 Å². The molecule has 0 amide bonds. The minimum absolute atomic E-state index is 0.196. The monoisotopic (exact) mass is 310 g/mol. The van der Waals surface area contributed by atoms with E-state index in [-0.39, 0.29) is 4.90 Å². The van der Waals surface area contributed by atoms with Gasteiger partial charge in [0.25, 0.3) is 10.0 Å². The van der Waals surface area contributed by atoms with Gasteiger partial charge in [0, 0.05) is 6.54 Å². The summed E-state index contributed by atoms with van der Waals surface area (Å²) in [6, 6.07) is 13.5. The summed E-state index contributed by atoms with van der Waals surface area (Å²) in [7, 11) is -3.69. The number of para-hydroxylation sites is 2. The summed E-state index contributed by atoms with van der Waals surface area (Å²) in [6.07, 6.45) is 0. The fourth-order valence-corrected chi connectivity index (χ4v) is 3.29. The van der Waals surface area contributed by atoms with Gasteiger partial charge in [0.05, 0.1) is 16.4 Å². The molecule has 0 atom stereocenters. The van der Waals surface area contributed by atoms with E-state index in [0.717, 1.165) is 0 Å². The van der Waals surface area contributed by atoms with Crippen molar-refractivity contribution in [2.24, 2.45) is 0 Å². The molecule has 2 N–H and O–H groups in total. The van der Waals surface area contributed by atoms with Crippen LogP contribution in [0.5, 0.6) is 0 Å². The first kappa shape index (κ1) is 14.7. The smallest absolute Gasteiger partial charge is 0.263 e. The van der Waals surface area contributed by atoms with Crippen LogP contribution in [0, 0.1) is 0 Å². The van der Waals surface area contributed by atoms with E-state index >= 15 is 0 Å². The molecule has 0 saturated heterocycles. The van der Waals surface area contributed by atoms with Crippen LogP contribution in [0.15, 0.2) is 53.4 Å². The van der Waals surface area contributed by atoms with Gasteiger partial charge in [-0.3, -0.25) is 4.72 Å². The topological polar surface area (TPSA) is 58.2 Å². The van der Waals surface area contributed by atoms with Crippen LogP contribution in [0.25, 0.3) is 0 Å². The lowest BCUT2D eigenvalue weighted by molar-refractivity contribution is 0.601. The molecular weight excluding hydrogens is 296 g/mol. The SMILES string of the molecule is CCNc1ccccc1S(=O)(=O)Nc1ccccc1Cl. The molecule has 0 fully saturated rings. The second kappa shape index (κ2) is 6.15. The van der Waals surface area contributed by atoms with Gasteiger partial charge in [-0.25, -0.2) is 8.42 Å². The number of hydrogen-bond donors (Lipinski definition) is 2. The molecule has 0 spiro atoms. The van der Waals surface area contributed by atoms with Gasteiger partial charge in [-0.2, -0.15) is 0 Å². The molecule has 0 unspecified atom stereocenters. The van der Waals surface area contributed by atoms with Gasteiger partial charge in [-0.1, -0.05) is 35.9 Å². The molecule has 4 nitrogen and oxygen atoms in total. The molecule has 6 heteroatoms. The van der Waals surface area contributed by atoms with Crippen molar-refractivity contribution in [2.45, 2.75) is 11.8 Å². The van der Waals surface area contributed by atoms with E-state index in [1.807, 2.05) is 6.92 Å². The highest BCUT2D eigenvalue weighted by molar-refractivity contribution is 7.92. The predicted octanol–water partition coefficient (Wildman–Crippen LogP) is 3.57. The summed E-state index contributed by atoms with van der Waals surface area (Å²) in [4.78, 5) is 0.196. The highest BCUT2D eigenvalue weighted by Crippen LogP contribution is 2.27. The quantitative estimate of drug-likeness (QED) is 0.887. The minimum Gasteiger partial charge on any atom is -0.384 e. The lowest BCUT2D eigenvalue weighted by Gasteiger charge is -2.13. The van der Waals surface area contributed by atoms with Gasteiger partial charge in [-0.15, -0.1) is 0 Å². The maximum atomic E-state index is 12.4. The molecule has 20 heavy (non-hydrogen) atoms. The van der Waals surface area contributed by atoms with E-state index in [0.29, 0.717) is 22.9 Å². The third-order valence-corrected chi connectivity index (χ3v) is 4.42. The Balaban J connectivity index is 2.39. The lowest BCUT2D eigenvalue weighted by Crippen LogP contribution is -2.15. The molecule has 0 aromatic heterocycles. The van der Waals surface area contributed by atoms with Crippen molar-refractivity contribution >= 4 is 33.0 Å². The van der Waals surface area contributed by atoms with Crippen LogP contribution in [-0.4, -0.2) is 15.0 Å². The Hall–Kier alpha value is -1.72. The zero-order valence-electron chi connectivity index (χ0n) is 10.9. The van der Waals surface area contributed by atoms with E-state index in [1.165, 1.54) is 0 Å². The van der Waals surface area contributed by atoms with Gasteiger partial charge in [-0.05, 0) is 31.2 Å². The molecule has 0 saturated carbocycles. The van der Waals surface area contributed by atoms with Gasteiger partial charge in [0.15, 0.2) is 0 Å². The summed E-state index contributed by atoms with van der Waals surface area (Å²) in [5.41, 5.74) is 0.926. The highest BCUT2D eigenvalue weighted by Gasteiger charge is 2.18. The number of benzene rings is 2. The van der Waals surface area contributed by atoms with Crippen LogP contribution in [0.2, 0.25) is 5.02 Å². The molecule has 106 valence electrons. The fourth-order valence-electron chi connectivity index (χ4n) is 1.78. The third-order valence-electron chi connectivity index (χ3n) is 2.66. The van der Waals surface area contributed by atoms with Crippen molar-refractivity contribution in [1.82, 2.24) is 0 Å². The predicted molar refractivity (Wildman–Crippen MR) is 82.9 cm³/mol. The van der Waals surface area contributed by atoms with Gasteiger partial charge >= 0.3 is 0 Å². The Labute approximate surface area is 123 Å². The first-order valence-electron chi connectivity index (χ1n) is 6.15. The molecule has 2 aromatic carbocycles. The second-order valence-corrected chi connectivity index (χ2v) is 6.17. The number of anilines is 2. The van der Waals surface area contributed by atoms with Gasteiger partial charge in [0.1, 0.15) is 4.90 Å². The maximum Gasteiger partial charge on any atom is 0.263 e. The molecule has 0 aliphatic carbocycles. The van der Waals surface area contributed by atoms with Crippen LogP contribution < -0.4 is 10.0 Å². The summed E-state index contributed by atoms with van der Waals surface area (Å²) < 4.78 is 27.4. The van der Waals surface area contributed by atoms with Crippen molar-refractivity contribution in [3.63, 3.8) is 0 Å². The number of hydrogen-bond acceptors (Lipinski definition) is 3. The average molecular weight is 311 g/mol. The average Bonchev–Trinajstić information content (AvgIpc) is 2.42. The van der Waals surface area contributed by atoms with Crippen molar-refractivity contribution in [3.8, 4) is 0 Å². The Kier molecular flexibility index (Phi) is 4.52. The zero-order chi connectivity index (χ0) is 14.6. The Bertz CT molecular complexity index is 702. The summed E-state index contributed by atoms with van der Waals surface area (Å²) >= 11 is 5.98. The molecule has 0 aliphatic rings. The molecule has 0 bridgehead atoms. The molecule has 0 aliphatic heterocycles. The van der Waals surface area contributed by atoms with E-state index in [2.05, 4.69) is 10.0 Å². The largest absolute Gasteiger partial charge is 0.384 e.